The molecule has 0 aromatic carbocycles. The summed E-state index contributed by atoms with van der Waals surface area (Å²) in [5, 5.41) is 0. The van der Waals surface area contributed by atoms with Gasteiger partial charge in [0.25, 0.3) is 0 Å². The van der Waals surface area contributed by atoms with Crippen molar-refractivity contribution >= 4 is 34.5 Å². The fourth-order valence-electron chi connectivity index (χ4n) is 2.87. The number of hydrogen-bond donors (Lipinski definition) is 0. The van der Waals surface area contributed by atoms with Crippen LogP contribution in [0.3, 0.4) is 0 Å². The predicted octanol–water partition coefficient (Wildman–Crippen LogP) is 8.03. The van der Waals surface area contributed by atoms with E-state index in [2.05, 4.69) is 33.5 Å². The molecule has 0 heterocycles. The first-order valence-electron chi connectivity index (χ1n) is 10.1. The summed E-state index contributed by atoms with van der Waals surface area (Å²) in [5.41, 5.74) is 0. The van der Waals surface area contributed by atoms with Gasteiger partial charge in [0.15, 0.2) is 0 Å². The van der Waals surface area contributed by atoms with Crippen molar-refractivity contribution in [3.8, 4) is 0 Å². The molecule has 0 saturated carbocycles. The van der Waals surface area contributed by atoms with Crippen LogP contribution in [0.15, 0.2) is 0 Å². The summed E-state index contributed by atoms with van der Waals surface area (Å²) in [6, 6.07) is 0. The van der Waals surface area contributed by atoms with Gasteiger partial charge in [-0.2, -0.15) is 0 Å². The second-order valence-corrected chi connectivity index (χ2v) is 24.7. The molecule has 0 saturated heterocycles. The predicted molar refractivity (Wildman–Crippen MR) is 111 cm³/mol. The molecule has 140 valence electrons. The molecule has 0 spiro atoms. The van der Waals surface area contributed by atoms with E-state index in [0.717, 1.165) is 17.3 Å². The van der Waals surface area contributed by atoms with Gasteiger partial charge in [-0.05, 0) is 0 Å². The second-order valence-electron chi connectivity index (χ2n) is 6.96. The summed E-state index contributed by atoms with van der Waals surface area (Å²) >= 11 is 2.06. The van der Waals surface area contributed by atoms with Gasteiger partial charge in [-0.1, -0.05) is 0 Å². The standard InChI is InChI=1S/C20H41BrOTe/c1-4-7-10-11-12-13-14-15-16-20(22)19-23(21,17-8-5-2)18-9-6-3/h4-19H2,1-3H3. The van der Waals surface area contributed by atoms with Crippen molar-refractivity contribution in [2.24, 2.45) is 0 Å². The zero-order valence-electron chi connectivity index (χ0n) is 16.0. The van der Waals surface area contributed by atoms with E-state index in [4.69, 9.17) is 0 Å². The van der Waals surface area contributed by atoms with Crippen molar-refractivity contribution < 1.29 is 4.79 Å². The average molecular weight is 505 g/mol. The number of hydrogen-bond acceptors (Lipinski definition) is 1. The molecule has 0 amide bonds. The third kappa shape index (κ3) is 14.9. The van der Waals surface area contributed by atoms with Gasteiger partial charge in [0.2, 0.25) is 0 Å². The number of rotatable bonds is 17. The van der Waals surface area contributed by atoms with E-state index >= 15 is 0 Å². The molecule has 0 N–H and O–H groups in total. The number of carbonyl (C=O) groups is 1. The van der Waals surface area contributed by atoms with Crippen LogP contribution in [-0.4, -0.2) is 21.8 Å². The maximum absolute atomic E-state index is 12.4. The van der Waals surface area contributed by atoms with Gasteiger partial charge in [-0.15, -0.1) is 0 Å². The van der Waals surface area contributed by atoms with E-state index in [-0.39, 0.29) is 0 Å². The average Bonchev–Trinajstić information content (AvgIpc) is 2.53. The van der Waals surface area contributed by atoms with Gasteiger partial charge in [-0.3, -0.25) is 0 Å². The van der Waals surface area contributed by atoms with Crippen molar-refractivity contribution in [2.75, 3.05) is 0 Å². The van der Waals surface area contributed by atoms with E-state index in [1.165, 1.54) is 79.6 Å². The second kappa shape index (κ2) is 16.4. The molecule has 0 rings (SSSR count). The van der Waals surface area contributed by atoms with Gasteiger partial charge >= 0.3 is 157 Å². The normalized spacial score (nSPS) is 12.5. The van der Waals surface area contributed by atoms with E-state index < -0.39 is 16.0 Å². The molecule has 0 aromatic rings. The number of Topliss-reactive ketones (excluding diaryl/α,β-unsaturated/α-hetero) is 1. The van der Waals surface area contributed by atoms with Gasteiger partial charge in [-0.25, -0.2) is 0 Å². The van der Waals surface area contributed by atoms with Crippen LogP contribution in [0.2, 0.25) is 13.4 Å². The van der Waals surface area contributed by atoms with Crippen LogP contribution in [0, 0.1) is 0 Å². The minimum atomic E-state index is -2.06. The van der Waals surface area contributed by atoms with Crippen molar-refractivity contribution in [3.63, 3.8) is 0 Å². The fraction of sp³-hybridized carbons (Fsp3) is 0.950. The van der Waals surface area contributed by atoms with E-state index in [0.29, 0.717) is 5.78 Å². The van der Waals surface area contributed by atoms with Crippen molar-refractivity contribution in [1.82, 2.24) is 0 Å². The maximum atomic E-state index is 12.4. The van der Waals surface area contributed by atoms with E-state index in [1.54, 1.807) is 0 Å². The summed E-state index contributed by atoms with van der Waals surface area (Å²) in [5.74, 6) is 0.557. The molecule has 0 aromatic heterocycles. The molecule has 1 nitrogen and oxygen atoms in total. The monoisotopic (exact) mass is 506 g/mol. The van der Waals surface area contributed by atoms with Gasteiger partial charge in [0.05, 0.1) is 0 Å². The topological polar surface area (TPSA) is 17.1 Å². The quantitative estimate of drug-likeness (QED) is 0.145. The zero-order chi connectivity index (χ0) is 17.4. The van der Waals surface area contributed by atoms with Gasteiger partial charge < -0.3 is 0 Å². The molecular weight excluding hydrogens is 464 g/mol. The molecule has 0 aliphatic carbocycles. The molecule has 0 bridgehead atoms. The van der Waals surface area contributed by atoms with Gasteiger partial charge in [0, 0.05) is 0 Å². The molecule has 3 heteroatoms. The zero-order valence-corrected chi connectivity index (χ0v) is 19.9. The van der Waals surface area contributed by atoms with Crippen molar-refractivity contribution in [3.05, 3.63) is 0 Å². The number of halogens is 1. The Hall–Kier alpha value is 0.940. The Balaban J connectivity index is 3.85. The van der Waals surface area contributed by atoms with Crippen molar-refractivity contribution in [1.29, 1.82) is 0 Å². The Morgan fingerprint density at radius 1 is 0.696 bits per heavy atom. The Morgan fingerprint density at radius 3 is 1.61 bits per heavy atom. The third-order valence-electron chi connectivity index (χ3n) is 4.46. The number of ketones is 1. The Bertz CT molecular complexity index is 273. The van der Waals surface area contributed by atoms with Crippen LogP contribution in [0.1, 0.15) is 104 Å². The number of unbranched alkanes of at least 4 members (excludes halogenated alkanes) is 9. The molecular formula is C20H41BrOTe. The molecule has 0 atom stereocenters. The Morgan fingerprint density at radius 2 is 1.13 bits per heavy atom. The summed E-state index contributed by atoms with van der Waals surface area (Å²) in [7, 11) is 0. The SMILES string of the molecule is CCCCCCCCCCC(=O)C[Te](Br)(CCCC)CCCC. The van der Waals surface area contributed by atoms with Crippen LogP contribution in [0.4, 0.5) is 0 Å². The van der Waals surface area contributed by atoms with Gasteiger partial charge in [0.1, 0.15) is 0 Å². The molecule has 0 unspecified atom stereocenters. The summed E-state index contributed by atoms with van der Waals surface area (Å²) < 4.78 is 3.60. The first-order chi connectivity index (χ1) is 11.1. The Kier molecular flexibility index (Phi) is 17.1. The summed E-state index contributed by atoms with van der Waals surface area (Å²) in [6.07, 6.45) is 16.5. The minimum absolute atomic E-state index is 0.557. The first-order valence-corrected chi connectivity index (χ1v) is 20.2. The molecule has 0 fully saturated rings. The first kappa shape index (κ1) is 23.9. The van der Waals surface area contributed by atoms with E-state index in [9.17, 15) is 4.79 Å². The fourth-order valence-corrected chi connectivity index (χ4v) is 15.7. The van der Waals surface area contributed by atoms with Crippen LogP contribution in [0.5, 0.6) is 0 Å². The molecule has 0 radical (unpaired) electrons. The van der Waals surface area contributed by atoms with Crippen LogP contribution < -0.4 is 0 Å². The molecule has 0 aliphatic rings. The van der Waals surface area contributed by atoms with Crippen LogP contribution >= 0.6 is 12.8 Å². The molecule has 23 heavy (non-hydrogen) atoms. The van der Waals surface area contributed by atoms with Crippen molar-refractivity contribution in [2.45, 2.75) is 118 Å². The Labute approximate surface area is 156 Å². The molecule has 0 aliphatic heterocycles. The van der Waals surface area contributed by atoms with E-state index in [1.807, 2.05) is 0 Å². The third-order valence-corrected chi connectivity index (χ3v) is 18.6. The summed E-state index contributed by atoms with van der Waals surface area (Å²) in [6.45, 7) is 6.79. The number of carbonyl (C=O) groups excluding carboxylic acids is 1. The van der Waals surface area contributed by atoms with Crippen LogP contribution in [0.25, 0.3) is 0 Å². The summed E-state index contributed by atoms with van der Waals surface area (Å²) in [4.78, 5) is 12.4. The van der Waals surface area contributed by atoms with Crippen LogP contribution in [-0.2, 0) is 4.79 Å².